The van der Waals surface area contributed by atoms with Crippen LogP contribution in [0.2, 0.25) is 0 Å². The van der Waals surface area contributed by atoms with Gasteiger partial charge in [0.15, 0.2) is 5.71 Å². The zero-order chi connectivity index (χ0) is 16.2. The van der Waals surface area contributed by atoms with E-state index in [1.54, 1.807) is 19.1 Å². The van der Waals surface area contributed by atoms with Crippen molar-refractivity contribution in [2.45, 2.75) is 6.92 Å². The molecule has 5 nitrogen and oxygen atoms in total. The van der Waals surface area contributed by atoms with Gasteiger partial charge in [0, 0.05) is 5.69 Å². The first kappa shape index (κ1) is 14.5. The Morgan fingerprint density at radius 1 is 1.09 bits per heavy atom. The number of aliphatic imine (C=N–C) groups is 1. The Balaban J connectivity index is 2.14. The van der Waals surface area contributed by atoms with Gasteiger partial charge in [0.05, 0.1) is 16.9 Å². The Morgan fingerprint density at radius 3 is 2.30 bits per heavy atom. The molecule has 1 N–H and O–H groups in total. The number of hydrogen-bond acceptors (Lipinski definition) is 3. The van der Waals surface area contributed by atoms with Gasteiger partial charge in [0.2, 0.25) is 0 Å². The van der Waals surface area contributed by atoms with Gasteiger partial charge in [-0.15, -0.1) is 0 Å². The fourth-order valence-electron chi connectivity index (χ4n) is 2.35. The van der Waals surface area contributed by atoms with Gasteiger partial charge in [-0.25, -0.2) is 9.67 Å². The standard InChI is InChI=1S/C18H14N4O/c1-13-17(16(12-19)20-14-8-4-2-5-9-14)18(23)22(21-13)15-10-6-3-7-11-15/h2-11,21H,1H3. The second-order valence-electron chi connectivity index (χ2n) is 5.00. The summed E-state index contributed by atoms with van der Waals surface area (Å²) < 4.78 is 1.42. The fourth-order valence-corrected chi connectivity index (χ4v) is 2.35. The van der Waals surface area contributed by atoms with E-state index >= 15 is 0 Å². The number of aromatic nitrogens is 2. The number of nitrogens with one attached hydrogen (secondary N) is 1. The molecule has 23 heavy (non-hydrogen) atoms. The highest BCUT2D eigenvalue weighted by molar-refractivity contribution is 6.13. The molecule has 3 aromatic rings. The fraction of sp³-hybridized carbons (Fsp3) is 0.0556. The number of aryl methyl sites for hydroxylation is 1. The molecule has 1 aromatic heterocycles. The first-order valence-corrected chi connectivity index (χ1v) is 7.12. The maximum absolute atomic E-state index is 12.7. The molecule has 0 radical (unpaired) electrons. The summed E-state index contributed by atoms with van der Waals surface area (Å²) in [5.41, 5.74) is 2.06. The minimum atomic E-state index is -0.287. The van der Waals surface area contributed by atoms with Gasteiger partial charge in [0.25, 0.3) is 5.56 Å². The zero-order valence-corrected chi connectivity index (χ0v) is 12.5. The van der Waals surface area contributed by atoms with Gasteiger partial charge in [0.1, 0.15) is 6.07 Å². The predicted octanol–water partition coefficient (Wildman–Crippen LogP) is 3.12. The van der Waals surface area contributed by atoms with E-state index in [9.17, 15) is 10.1 Å². The van der Waals surface area contributed by atoms with Gasteiger partial charge in [-0.2, -0.15) is 5.26 Å². The lowest BCUT2D eigenvalue weighted by Crippen LogP contribution is -2.20. The number of benzene rings is 2. The molecule has 0 amide bonds. The Hall–Kier alpha value is -3.39. The van der Waals surface area contributed by atoms with E-state index in [4.69, 9.17) is 0 Å². The number of rotatable bonds is 3. The minimum Gasteiger partial charge on any atom is -0.295 e. The second-order valence-corrected chi connectivity index (χ2v) is 5.00. The number of nitrogens with zero attached hydrogens (tertiary/aromatic N) is 3. The maximum atomic E-state index is 12.7. The Kier molecular flexibility index (Phi) is 3.89. The number of aromatic amines is 1. The lowest BCUT2D eigenvalue weighted by atomic mass is 10.1. The lowest BCUT2D eigenvalue weighted by Gasteiger charge is -1.99. The molecule has 0 unspecified atom stereocenters. The highest BCUT2D eigenvalue weighted by Gasteiger charge is 2.17. The van der Waals surface area contributed by atoms with Crippen LogP contribution in [0, 0.1) is 18.3 Å². The molecule has 1 heterocycles. The summed E-state index contributed by atoms with van der Waals surface area (Å²) >= 11 is 0. The van der Waals surface area contributed by atoms with Crippen molar-refractivity contribution >= 4 is 11.4 Å². The summed E-state index contributed by atoms with van der Waals surface area (Å²) in [6.07, 6.45) is 0. The van der Waals surface area contributed by atoms with Crippen LogP contribution in [0.3, 0.4) is 0 Å². The molecular weight excluding hydrogens is 288 g/mol. The molecule has 0 aliphatic rings. The Labute approximate surface area is 133 Å². The number of hydrogen-bond donors (Lipinski definition) is 1. The molecule has 0 spiro atoms. The van der Waals surface area contributed by atoms with Crippen LogP contribution < -0.4 is 5.56 Å². The second kappa shape index (κ2) is 6.16. The molecule has 0 saturated carbocycles. The SMILES string of the molecule is Cc1[nH]n(-c2ccccc2)c(=O)c1C(C#N)=Nc1ccccc1. The van der Waals surface area contributed by atoms with Gasteiger partial charge in [-0.1, -0.05) is 36.4 Å². The van der Waals surface area contributed by atoms with Crippen LogP contribution in [-0.4, -0.2) is 15.5 Å². The average molecular weight is 302 g/mol. The molecule has 0 aliphatic heterocycles. The van der Waals surface area contributed by atoms with E-state index < -0.39 is 0 Å². The van der Waals surface area contributed by atoms with Gasteiger partial charge in [-0.05, 0) is 31.2 Å². The lowest BCUT2D eigenvalue weighted by molar-refractivity contribution is 0.835. The molecule has 0 saturated heterocycles. The van der Waals surface area contributed by atoms with Gasteiger partial charge < -0.3 is 0 Å². The summed E-state index contributed by atoms with van der Waals surface area (Å²) in [5, 5.41) is 12.4. The van der Waals surface area contributed by atoms with E-state index in [2.05, 4.69) is 10.1 Å². The molecule has 5 heteroatoms. The first-order valence-electron chi connectivity index (χ1n) is 7.12. The van der Waals surface area contributed by atoms with E-state index in [1.165, 1.54) is 4.68 Å². The van der Waals surface area contributed by atoms with Crippen molar-refractivity contribution in [1.82, 2.24) is 9.78 Å². The Bertz CT molecular complexity index is 944. The molecule has 0 atom stereocenters. The number of para-hydroxylation sites is 2. The van der Waals surface area contributed by atoms with Crippen molar-refractivity contribution < 1.29 is 0 Å². The number of H-pyrrole nitrogens is 1. The molecular formula is C18H14N4O. The molecule has 0 bridgehead atoms. The minimum absolute atomic E-state index is 0.102. The smallest absolute Gasteiger partial charge is 0.281 e. The normalized spacial score (nSPS) is 11.2. The van der Waals surface area contributed by atoms with Crippen LogP contribution in [0.1, 0.15) is 11.3 Å². The predicted molar refractivity (Wildman–Crippen MR) is 89.4 cm³/mol. The summed E-state index contributed by atoms with van der Waals surface area (Å²) in [6.45, 7) is 1.76. The third-order valence-electron chi connectivity index (χ3n) is 3.43. The van der Waals surface area contributed by atoms with E-state index in [-0.39, 0.29) is 11.3 Å². The average Bonchev–Trinajstić information content (AvgIpc) is 2.89. The van der Waals surface area contributed by atoms with Crippen LogP contribution in [0.5, 0.6) is 0 Å². The molecule has 2 aromatic carbocycles. The van der Waals surface area contributed by atoms with Gasteiger partial charge >= 0.3 is 0 Å². The van der Waals surface area contributed by atoms with Crippen molar-refractivity contribution in [2.75, 3.05) is 0 Å². The molecule has 112 valence electrons. The summed E-state index contributed by atoms with van der Waals surface area (Å²) in [5.74, 6) is 0. The summed E-state index contributed by atoms with van der Waals surface area (Å²) in [4.78, 5) is 17.0. The van der Waals surface area contributed by atoms with Crippen LogP contribution >= 0.6 is 0 Å². The van der Waals surface area contributed by atoms with Crippen LogP contribution in [0.4, 0.5) is 5.69 Å². The van der Waals surface area contributed by atoms with Crippen molar-refractivity contribution in [3.63, 3.8) is 0 Å². The summed E-state index contributed by atoms with van der Waals surface area (Å²) in [6, 6.07) is 20.4. The molecule has 3 rings (SSSR count). The van der Waals surface area contributed by atoms with Gasteiger partial charge in [-0.3, -0.25) is 9.89 Å². The van der Waals surface area contributed by atoms with Crippen LogP contribution in [-0.2, 0) is 0 Å². The third-order valence-corrected chi connectivity index (χ3v) is 3.43. The first-order chi connectivity index (χ1) is 11.2. The van der Waals surface area contributed by atoms with Crippen molar-refractivity contribution in [3.05, 3.63) is 82.3 Å². The van der Waals surface area contributed by atoms with E-state index in [0.717, 1.165) is 0 Å². The van der Waals surface area contributed by atoms with Crippen LogP contribution in [0.25, 0.3) is 5.69 Å². The quantitative estimate of drug-likeness (QED) is 0.755. The van der Waals surface area contributed by atoms with Crippen LogP contribution in [0.15, 0.2) is 70.5 Å². The largest absolute Gasteiger partial charge is 0.295 e. The van der Waals surface area contributed by atoms with E-state index in [0.29, 0.717) is 22.6 Å². The molecule has 0 aliphatic carbocycles. The third kappa shape index (κ3) is 2.83. The highest BCUT2D eigenvalue weighted by atomic mass is 16.1. The topological polar surface area (TPSA) is 73.9 Å². The highest BCUT2D eigenvalue weighted by Crippen LogP contribution is 2.14. The monoisotopic (exact) mass is 302 g/mol. The van der Waals surface area contributed by atoms with E-state index in [1.807, 2.05) is 54.6 Å². The summed E-state index contributed by atoms with van der Waals surface area (Å²) in [7, 11) is 0. The van der Waals surface area contributed by atoms with Crippen molar-refractivity contribution in [3.8, 4) is 11.8 Å². The Morgan fingerprint density at radius 2 is 1.70 bits per heavy atom. The maximum Gasteiger partial charge on any atom is 0.281 e. The van der Waals surface area contributed by atoms with Crippen molar-refractivity contribution in [1.29, 1.82) is 5.26 Å². The van der Waals surface area contributed by atoms with Crippen molar-refractivity contribution in [2.24, 2.45) is 4.99 Å². The zero-order valence-electron chi connectivity index (χ0n) is 12.5. The molecule has 0 fully saturated rings. The number of nitriles is 1.